The Balaban J connectivity index is 0.976. The van der Waals surface area contributed by atoms with E-state index in [1.807, 2.05) is 141 Å². The Morgan fingerprint density at radius 2 is 0.385 bits per heavy atom. The van der Waals surface area contributed by atoms with Crippen molar-refractivity contribution in [3.05, 3.63) is 259 Å². The highest BCUT2D eigenvalue weighted by atomic mass is 16.3. The normalized spacial score (nSPS) is 12.6. The molecule has 1 aliphatic rings. The van der Waals surface area contributed by atoms with Crippen molar-refractivity contribution in [2.24, 2.45) is 0 Å². The minimum atomic E-state index is -0.300. The van der Waals surface area contributed by atoms with Gasteiger partial charge >= 0.3 is 0 Å². The summed E-state index contributed by atoms with van der Waals surface area (Å²) in [6.45, 7) is 0.465. The predicted octanol–water partition coefficient (Wildman–Crippen LogP) is 14.0. The van der Waals surface area contributed by atoms with Crippen LogP contribution in [0.1, 0.15) is 89.0 Å². The van der Waals surface area contributed by atoms with Gasteiger partial charge in [-0.15, -0.1) is 0 Å². The maximum absolute atomic E-state index is 12.7. The zero-order valence-electron chi connectivity index (χ0n) is 53.8. The van der Waals surface area contributed by atoms with Gasteiger partial charge in [0.2, 0.25) is 0 Å². The summed E-state index contributed by atoms with van der Waals surface area (Å²) in [6, 6.07) is 50.9. The fourth-order valence-electron chi connectivity index (χ4n) is 14.2. The van der Waals surface area contributed by atoms with Crippen LogP contribution in [0.3, 0.4) is 0 Å². The number of hydrogen-bond donors (Lipinski definition) is 12. The van der Waals surface area contributed by atoms with E-state index < -0.39 is 0 Å². The van der Waals surface area contributed by atoms with Gasteiger partial charge in [0.05, 0.1) is 22.3 Å². The molecule has 0 unspecified atom stereocenters. The Bertz CT molecular complexity index is 4320. The molecule has 0 aliphatic heterocycles. The molecule has 12 aromatic rings. The van der Waals surface area contributed by atoms with E-state index in [0.29, 0.717) is 22.3 Å². The predicted molar refractivity (Wildman–Crippen MR) is 373 cm³/mol. The molecular formula is C80H76N4O12. The van der Waals surface area contributed by atoms with Crippen LogP contribution in [0.2, 0.25) is 0 Å². The molecule has 12 N–H and O–H groups in total. The van der Waals surface area contributed by atoms with Gasteiger partial charge in [-0.2, -0.15) is 0 Å². The molecular weight excluding hydrogens is 1210 g/mol. The van der Waals surface area contributed by atoms with Crippen molar-refractivity contribution in [1.29, 1.82) is 0 Å². The first kappa shape index (κ1) is 63.9. The van der Waals surface area contributed by atoms with Crippen LogP contribution >= 0.6 is 0 Å². The number of benzene rings is 12. The quantitative estimate of drug-likeness (QED) is 0.0429. The summed E-state index contributed by atoms with van der Waals surface area (Å²) in [5.74, 6) is -2.14. The van der Waals surface area contributed by atoms with Crippen molar-refractivity contribution in [1.82, 2.24) is 19.6 Å². The average Bonchev–Trinajstić information content (AvgIpc) is 0.782. The van der Waals surface area contributed by atoms with Gasteiger partial charge in [-0.3, -0.25) is 19.6 Å². The fourth-order valence-corrected chi connectivity index (χ4v) is 14.2. The lowest BCUT2D eigenvalue weighted by Crippen LogP contribution is -2.19. The van der Waals surface area contributed by atoms with Crippen molar-refractivity contribution in [3.63, 3.8) is 0 Å². The third-order valence-corrected chi connectivity index (χ3v) is 19.1. The van der Waals surface area contributed by atoms with Crippen molar-refractivity contribution in [2.45, 2.75) is 78.0 Å². The smallest absolute Gasteiger partial charge is 0.127 e. The lowest BCUT2D eigenvalue weighted by molar-refractivity contribution is 0.299. The van der Waals surface area contributed by atoms with Crippen molar-refractivity contribution in [2.75, 3.05) is 28.2 Å². The van der Waals surface area contributed by atoms with Crippen LogP contribution in [0, 0.1) is 0 Å². The van der Waals surface area contributed by atoms with E-state index in [0.717, 1.165) is 43.1 Å². The zero-order chi connectivity index (χ0) is 67.4. The summed E-state index contributed by atoms with van der Waals surface area (Å²) < 4.78 is 0. The number of rotatable bonds is 16. The van der Waals surface area contributed by atoms with Crippen LogP contribution in [-0.2, 0) is 78.0 Å². The maximum Gasteiger partial charge on any atom is 0.127 e. The van der Waals surface area contributed by atoms with Gasteiger partial charge in [0.1, 0.15) is 69.0 Å². The number of fused-ring (bicyclic) bond motifs is 12. The van der Waals surface area contributed by atoms with Crippen LogP contribution < -0.4 is 0 Å². The first-order valence-corrected chi connectivity index (χ1v) is 31.9. The van der Waals surface area contributed by atoms with E-state index in [2.05, 4.69) is 0 Å². The first-order valence-electron chi connectivity index (χ1n) is 31.9. The summed E-state index contributed by atoms with van der Waals surface area (Å²) in [5.41, 5.74) is 4.93. The maximum atomic E-state index is 12.7. The van der Waals surface area contributed by atoms with Gasteiger partial charge < -0.3 is 61.3 Å². The van der Waals surface area contributed by atoms with Gasteiger partial charge in [0, 0.05) is 100 Å². The number of aromatic hydroxyl groups is 12. The summed E-state index contributed by atoms with van der Waals surface area (Å²) in [6.07, 6.45) is -0.748. The Morgan fingerprint density at radius 3 is 0.573 bits per heavy atom. The number of phenols is 12. The Kier molecular flexibility index (Phi) is 17.4. The van der Waals surface area contributed by atoms with E-state index in [1.165, 1.54) is 0 Å². The van der Waals surface area contributed by atoms with Gasteiger partial charge in [0.15, 0.2) is 0 Å². The largest absolute Gasteiger partial charge is 0.508 e. The molecule has 0 saturated heterocycles. The number of phenolic OH excluding ortho intramolecular Hbond substituents is 12. The van der Waals surface area contributed by atoms with Crippen LogP contribution in [0.25, 0.3) is 43.1 Å². The van der Waals surface area contributed by atoms with Crippen LogP contribution in [0.5, 0.6) is 69.0 Å². The molecule has 1 aliphatic carbocycles. The van der Waals surface area contributed by atoms with Gasteiger partial charge in [-0.1, -0.05) is 121 Å². The molecule has 0 radical (unpaired) electrons. The molecule has 0 atom stereocenters. The molecule has 8 bridgehead atoms. The lowest BCUT2D eigenvalue weighted by Gasteiger charge is -2.26. The third-order valence-electron chi connectivity index (χ3n) is 19.1. The van der Waals surface area contributed by atoms with Crippen LogP contribution in [0.4, 0.5) is 0 Å². The van der Waals surface area contributed by atoms with E-state index >= 15 is 0 Å². The minimum Gasteiger partial charge on any atom is -0.508 e. The fraction of sp³-hybridized carbons (Fsp3) is 0.200. The second kappa shape index (κ2) is 26.1. The second-order valence-corrected chi connectivity index (χ2v) is 26.0. The van der Waals surface area contributed by atoms with E-state index in [1.54, 1.807) is 76.7 Å². The summed E-state index contributed by atoms with van der Waals surface area (Å²) in [7, 11) is 7.17. The Labute approximate surface area is 555 Å². The zero-order valence-corrected chi connectivity index (χ0v) is 53.8. The van der Waals surface area contributed by atoms with E-state index in [4.69, 9.17) is 0 Å². The van der Waals surface area contributed by atoms with Crippen LogP contribution in [0.15, 0.2) is 170 Å². The standard InChI is InChI=1S/C80H76N4O12/c1-81(37-61-57-17-9-5-13-45(57)21-25-69(61)85)41-65-73(89)49-29-50(74(65)90)34-52-31-54(78(94)67(76(52)92)43-83(3)39-63-59-19-11-7-15-47(59)23-27-71(63)87)36-56-32-55(79(95)68(80(56)96)44-84(4)40-64-60-20-12-8-16-48(60)24-28-72(64)88)35-53-30-51(33-49)75(91)66(77(53)93)42-82(2)38-62-58-18-10-6-14-46(58)22-26-70(62)86/h5-32,85-96H,33-44H2,1-4H3. The number of nitrogens with zero attached hydrogens (tertiary/aromatic N) is 4. The van der Waals surface area contributed by atoms with Crippen LogP contribution in [-0.4, -0.2) is 109 Å². The summed E-state index contributed by atoms with van der Waals surface area (Å²) in [4.78, 5) is 7.38. The highest BCUT2D eigenvalue weighted by Gasteiger charge is 2.30. The average molecular weight is 1290 g/mol. The van der Waals surface area contributed by atoms with Gasteiger partial charge in [-0.05, 0) is 164 Å². The van der Waals surface area contributed by atoms with Crippen molar-refractivity contribution < 1.29 is 61.3 Å². The molecule has 0 fully saturated rings. The summed E-state index contributed by atoms with van der Waals surface area (Å²) >= 11 is 0. The molecule has 488 valence electrons. The topological polar surface area (TPSA) is 256 Å². The third kappa shape index (κ3) is 12.3. The van der Waals surface area contributed by atoms with Crippen molar-refractivity contribution >= 4 is 43.1 Å². The number of hydrogen-bond acceptors (Lipinski definition) is 16. The Hall–Kier alpha value is -10.9. The monoisotopic (exact) mass is 1280 g/mol. The molecule has 16 nitrogen and oxygen atoms in total. The van der Waals surface area contributed by atoms with Gasteiger partial charge in [-0.25, -0.2) is 0 Å². The van der Waals surface area contributed by atoms with E-state index in [9.17, 15) is 61.3 Å². The summed E-state index contributed by atoms with van der Waals surface area (Å²) in [5, 5.41) is 154. The van der Waals surface area contributed by atoms with Crippen molar-refractivity contribution in [3.8, 4) is 69.0 Å². The molecule has 13 rings (SSSR count). The molecule has 0 spiro atoms. The highest BCUT2D eigenvalue weighted by Crippen LogP contribution is 2.48. The molecule has 16 heteroatoms. The molecule has 0 amide bonds. The molecule has 12 aromatic carbocycles. The minimum absolute atomic E-state index is 0.0638. The lowest BCUT2D eigenvalue weighted by atomic mass is 9.87. The molecule has 96 heavy (non-hydrogen) atoms. The van der Waals surface area contributed by atoms with Gasteiger partial charge in [0.25, 0.3) is 0 Å². The molecule has 0 aromatic heterocycles. The SMILES string of the molecule is CN(Cc1c(O)c2cc(c1O)Cc1cc(c(O)c(CN(C)Cc3c(O)ccc4ccccc34)c1O)Cc1cc(c(O)c(CN(C)Cc3c(O)ccc4ccccc34)c1O)Cc1cc(c(O)c(CN(C)Cc3c(O)ccc4ccccc34)c1O)C2)Cc1c(O)ccc2ccccc12. The van der Waals surface area contributed by atoms with E-state index in [-0.39, 0.29) is 214 Å². The molecule has 0 heterocycles. The second-order valence-electron chi connectivity index (χ2n) is 26.0. The Morgan fingerprint density at radius 1 is 0.219 bits per heavy atom. The molecule has 0 saturated carbocycles. The highest BCUT2D eigenvalue weighted by molar-refractivity contribution is 5.90. The first-order chi connectivity index (χ1) is 46.2.